The van der Waals surface area contributed by atoms with Gasteiger partial charge in [0.1, 0.15) is 0 Å². The Labute approximate surface area is 83.2 Å². The van der Waals surface area contributed by atoms with Gasteiger partial charge in [0.25, 0.3) is 6.43 Å². The minimum absolute atomic E-state index is 0.481. The molecule has 2 heterocycles. The minimum atomic E-state index is -2.18. The Morgan fingerprint density at radius 2 is 2.21 bits per heavy atom. The molecule has 0 aromatic heterocycles. The summed E-state index contributed by atoms with van der Waals surface area (Å²) in [5, 5.41) is 0. The quantitative estimate of drug-likeness (QED) is 0.696. The monoisotopic (exact) mass is 205 g/mol. The second kappa shape index (κ2) is 4.53. The maximum absolute atomic E-state index is 12.6. The predicted octanol–water partition coefficient (Wildman–Crippen LogP) is 1.75. The zero-order valence-corrected chi connectivity index (χ0v) is 8.29. The van der Waals surface area contributed by atoms with Crippen molar-refractivity contribution in [3.63, 3.8) is 0 Å². The molecule has 2 rings (SSSR count). The SMILES string of the molecule is FC(F)[C@H]1CCCN1C[C@@H]1CCOC1. The van der Waals surface area contributed by atoms with Gasteiger partial charge in [0.05, 0.1) is 12.6 Å². The Morgan fingerprint density at radius 3 is 2.86 bits per heavy atom. The standard InChI is InChI=1S/C10H17F2NO/c11-10(12)9-2-1-4-13(9)6-8-3-5-14-7-8/h8-10H,1-7H2/t8-,9+/m0/s1. The van der Waals surface area contributed by atoms with Gasteiger partial charge in [-0.25, -0.2) is 8.78 Å². The largest absolute Gasteiger partial charge is 0.381 e. The van der Waals surface area contributed by atoms with Crippen molar-refractivity contribution in [2.45, 2.75) is 31.7 Å². The topological polar surface area (TPSA) is 12.5 Å². The van der Waals surface area contributed by atoms with E-state index in [9.17, 15) is 8.78 Å². The molecule has 4 heteroatoms. The van der Waals surface area contributed by atoms with Crippen LogP contribution in [0.4, 0.5) is 8.78 Å². The highest BCUT2D eigenvalue weighted by atomic mass is 19.3. The number of nitrogens with zero attached hydrogens (tertiary/aromatic N) is 1. The molecule has 82 valence electrons. The molecule has 2 fully saturated rings. The summed E-state index contributed by atoms with van der Waals surface area (Å²) in [5.74, 6) is 0.481. The van der Waals surface area contributed by atoms with E-state index in [-0.39, 0.29) is 0 Å². The Hall–Kier alpha value is -0.220. The van der Waals surface area contributed by atoms with Crippen LogP contribution in [0.5, 0.6) is 0 Å². The lowest BCUT2D eigenvalue weighted by molar-refractivity contribution is 0.0393. The summed E-state index contributed by atoms with van der Waals surface area (Å²) in [7, 11) is 0. The lowest BCUT2D eigenvalue weighted by atomic mass is 10.1. The molecule has 0 aromatic rings. The van der Waals surface area contributed by atoms with Gasteiger partial charge in [0.15, 0.2) is 0 Å². The number of halogens is 2. The molecule has 14 heavy (non-hydrogen) atoms. The summed E-state index contributed by atoms with van der Waals surface area (Å²) in [5.41, 5.74) is 0. The fourth-order valence-electron chi connectivity index (χ4n) is 2.42. The van der Waals surface area contributed by atoms with E-state index in [1.807, 2.05) is 4.90 Å². The molecule has 0 bridgehead atoms. The third-order valence-electron chi connectivity index (χ3n) is 3.22. The summed E-state index contributed by atoms with van der Waals surface area (Å²) in [6.07, 6.45) is 0.431. The number of alkyl halides is 2. The average Bonchev–Trinajstić information content (AvgIpc) is 2.75. The van der Waals surface area contributed by atoms with E-state index in [0.29, 0.717) is 12.3 Å². The molecule has 0 unspecified atom stereocenters. The van der Waals surface area contributed by atoms with Gasteiger partial charge in [-0.05, 0) is 31.7 Å². The Bertz CT molecular complexity index is 183. The van der Waals surface area contributed by atoms with Crippen LogP contribution in [0.1, 0.15) is 19.3 Å². The molecular formula is C10H17F2NO. The van der Waals surface area contributed by atoms with Gasteiger partial charge in [0, 0.05) is 13.2 Å². The number of hydrogen-bond donors (Lipinski definition) is 0. The number of hydrogen-bond acceptors (Lipinski definition) is 2. The van der Waals surface area contributed by atoms with Gasteiger partial charge < -0.3 is 4.74 Å². The average molecular weight is 205 g/mol. The summed E-state index contributed by atoms with van der Waals surface area (Å²) >= 11 is 0. The van der Waals surface area contributed by atoms with Crippen molar-refractivity contribution in [2.75, 3.05) is 26.3 Å². The molecule has 0 aromatic carbocycles. The van der Waals surface area contributed by atoms with E-state index in [4.69, 9.17) is 4.74 Å². The number of ether oxygens (including phenoxy) is 1. The van der Waals surface area contributed by atoms with Crippen LogP contribution in [-0.4, -0.2) is 43.7 Å². The van der Waals surface area contributed by atoms with Crippen molar-refractivity contribution in [3.05, 3.63) is 0 Å². The second-order valence-electron chi connectivity index (χ2n) is 4.27. The zero-order chi connectivity index (χ0) is 9.97. The first-order valence-electron chi connectivity index (χ1n) is 5.37. The summed E-state index contributed by atoms with van der Waals surface area (Å²) in [6.45, 7) is 3.20. The van der Waals surface area contributed by atoms with Crippen molar-refractivity contribution >= 4 is 0 Å². The summed E-state index contributed by atoms with van der Waals surface area (Å²) in [6, 6.07) is -0.490. The molecule has 0 spiro atoms. The van der Waals surface area contributed by atoms with Gasteiger partial charge in [-0.3, -0.25) is 4.90 Å². The van der Waals surface area contributed by atoms with E-state index in [1.54, 1.807) is 0 Å². The highest BCUT2D eigenvalue weighted by Crippen LogP contribution is 2.25. The number of rotatable bonds is 3. The van der Waals surface area contributed by atoms with E-state index < -0.39 is 12.5 Å². The van der Waals surface area contributed by atoms with Crippen molar-refractivity contribution in [3.8, 4) is 0 Å². The van der Waals surface area contributed by atoms with Crippen LogP contribution in [0.25, 0.3) is 0 Å². The van der Waals surface area contributed by atoms with Crippen LogP contribution in [0.3, 0.4) is 0 Å². The minimum Gasteiger partial charge on any atom is -0.381 e. The maximum Gasteiger partial charge on any atom is 0.253 e. The van der Waals surface area contributed by atoms with E-state index in [1.165, 1.54) is 0 Å². The molecule has 0 saturated carbocycles. The van der Waals surface area contributed by atoms with Gasteiger partial charge in [-0.1, -0.05) is 0 Å². The highest BCUT2D eigenvalue weighted by Gasteiger charge is 2.33. The fourth-order valence-corrected chi connectivity index (χ4v) is 2.42. The molecule has 0 radical (unpaired) electrons. The first-order chi connectivity index (χ1) is 6.77. The van der Waals surface area contributed by atoms with Crippen LogP contribution in [0.15, 0.2) is 0 Å². The Balaban J connectivity index is 1.83. The molecule has 0 N–H and O–H groups in total. The van der Waals surface area contributed by atoms with E-state index in [2.05, 4.69) is 0 Å². The van der Waals surface area contributed by atoms with Gasteiger partial charge in [-0.2, -0.15) is 0 Å². The molecule has 2 saturated heterocycles. The van der Waals surface area contributed by atoms with Gasteiger partial charge in [0.2, 0.25) is 0 Å². The molecule has 2 aliphatic rings. The normalized spacial score (nSPS) is 34.5. The molecule has 2 atom stereocenters. The first kappa shape index (κ1) is 10.3. The lowest BCUT2D eigenvalue weighted by Crippen LogP contribution is -2.38. The van der Waals surface area contributed by atoms with Crippen LogP contribution >= 0.6 is 0 Å². The lowest BCUT2D eigenvalue weighted by Gasteiger charge is -2.25. The number of likely N-dealkylation sites (tertiary alicyclic amines) is 1. The van der Waals surface area contributed by atoms with Crippen molar-refractivity contribution < 1.29 is 13.5 Å². The van der Waals surface area contributed by atoms with Crippen molar-refractivity contribution in [2.24, 2.45) is 5.92 Å². The summed E-state index contributed by atoms with van der Waals surface area (Å²) in [4.78, 5) is 1.95. The van der Waals surface area contributed by atoms with Crippen LogP contribution in [-0.2, 0) is 4.74 Å². The first-order valence-corrected chi connectivity index (χ1v) is 5.37. The van der Waals surface area contributed by atoms with Crippen LogP contribution in [0, 0.1) is 5.92 Å². The second-order valence-corrected chi connectivity index (χ2v) is 4.27. The zero-order valence-electron chi connectivity index (χ0n) is 8.29. The molecule has 2 aliphatic heterocycles. The van der Waals surface area contributed by atoms with Crippen molar-refractivity contribution in [1.29, 1.82) is 0 Å². The summed E-state index contributed by atoms with van der Waals surface area (Å²) < 4.78 is 30.4. The Morgan fingerprint density at radius 1 is 1.36 bits per heavy atom. The smallest absolute Gasteiger partial charge is 0.253 e. The maximum atomic E-state index is 12.6. The van der Waals surface area contributed by atoms with Gasteiger partial charge >= 0.3 is 0 Å². The van der Waals surface area contributed by atoms with Gasteiger partial charge in [-0.15, -0.1) is 0 Å². The Kier molecular flexibility index (Phi) is 3.34. The highest BCUT2D eigenvalue weighted by molar-refractivity contribution is 4.83. The third kappa shape index (κ3) is 2.23. The third-order valence-corrected chi connectivity index (χ3v) is 3.22. The molecule has 0 amide bonds. The van der Waals surface area contributed by atoms with E-state index in [0.717, 1.165) is 39.1 Å². The molecule has 2 nitrogen and oxygen atoms in total. The predicted molar refractivity (Wildman–Crippen MR) is 49.5 cm³/mol. The molecular weight excluding hydrogens is 188 g/mol. The van der Waals surface area contributed by atoms with Crippen LogP contribution in [0.2, 0.25) is 0 Å². The molecule has 0 aliphatic carbocycles. The van der Waals surface area contributed by atoms with E-state index >= 15 is 0 Å². The fraction of sp³-hybridized carbons (Fsp3) is 1.00. The van der Waals surface area contributed by atoms with Crippen LogP contribution < -0.4 is 0 Å². The van der Waals surface area contributed by atoms with Crippen molar-refractivity contribution in [1.82, 2.24) is 4.90 Å².